The average molecular weight is 451 g/mol. The molecule has 3 aromatic rings. The summed E-state index contributed by atoms with van der Waals surface area (Å²) in [6, 6.07) is 18.9. The molecule has 2 amide bonds. The molecule has 1 aromatic heterocycles. The fourth-order valence-electron chi connectivity index (χ4n) is 3.41. The second-order valence-electron chi connectivity index (χ2n) is 8.04. The van der Waals surface area contributed by atoms with E-state index in [1.54, 1.807) is 11.8 Å². The molecule has 0 spiro atoms. The average Bonchev–Trinajstić information content (AvgIpc) is 3.22. The summed E-state index contributed by atoms with van der Waals surface area (Å²) in [7, 11) is 3.07. The van der Waals surface area contributed by atoms with Crippen LogP contribution in [0.3, 0.4) is 0 Å². The Hall–Kier alpha value is -3.65. The van der Waals surface area contributed by atoms with Crippen molar-refractivity contribution >= 4 is 17.6 Å². The number of carbonyl (C=O) groups is 2. The Bertz CT molecular complexity index is 1060. The third-order valence-electron chi connectivity index (χ3n) is 4.90. The van der Waals surface area contributed by atoms with Crippen LogP contribution >= 0.6 is 0 Å². The van der Waals surface area contributed by atoms with Crippen molar-refractivity contribution in [3.63, 3.8) is 0 Å². The molecule has 2 aromatic carbocycles. The molecule has 3 rings (SSSR count). The number of nitrogens with zero attached hydrogens (tertiary/aromatic N) is 3. The van der Waals surface area contributed by atoms with Crippen molar-refractivity contribution in [2.45, 2.75) is 13.8 Å². The first kappa shape index (κ1) is 24.0. The Morgan fingerprint density at radius 2 is 1.76 bits per heavy atom. The summed E-state index contributed by atoms with van der Waals surface area (Å²) in [4.78, 5) is 26.8. The van der Waals surface area contributed by atoms with Gasteiger partial charge in [0.15, 0.2) is 0 Å². The van der Waals surface area contributed by atoms with Gasteiger partial charge in [0.25, 0.3) is 0 Å². The molecule has 0 aliphatic rings. The highest BCUT2D eigenvalue weighted by atomic mass is 16.5. The van der Waals surface area contributed by atoms with E-state index in [0.29, 0.717) is 12.4 Å². The number of nitrogens with one attached hydrogen (secondary N) is 1. The van der Waals surface area contributed by atoms with E-state index in [1.165, 1.54) is 12.0 Å². The minimum absolute atomic E-state index is 0.0675. The highest BCUT2D eigenvalue weighted by Crippen LogP contribution is 2.25. The monoisotopic (exact) mass is 450 g/mol. The molecule has 0 aliphatic heterocycles. The molecule has 174 valence electrons. The smallest absolute Gasteiger partial charge is 0.249 e. The zero-order valence-electron chi connectivity index (χ0n) is 19.4. The second kappa shape index (κ2) is 11.3. The van der Waals surface area contributed by atoms with Gasteiger partial charge in [-0.1, -0.05) is 44.2 Å². The molecule has 8 nitrogen and oxygen atoms in total. The van der Waals surface area contributed by atoms with Gasteiger partial charge >= 0.3 is 0 Å². The van der Waals surface area contributed by atoms with Gasteiger partial charge in [0.05, 0.1) is 25.0 Å². The number of hydrogen-bond donors (Lipinski definition) is 1. The first-order valence-corrected chi connectivity index (χ1v) is 10.8. The Kier molecular flexibility index (Phi) is 8.21. The summed E-state index contributed by atoms with van der Waals surface area (Å²) < 4.78 is 11.9. The lowest BCUT2D eigenvalue weighted by molar-refractivity contribution is -0.138. The third-order valence-corrected chi connectivity index (χ3v) is 4.90. The van der Waals surface area contributed by atoms with Crippen LogP contribution in [0.15, 0.2) is 60.7 Å². The number of ether oxygens (including phenoxy) is 2. The van der Waals surface area contributed by atoms with Crippen LogP contribution in [-0.4, -0.2) is 60.4 Å². The molecule has 0 aliphatic carbocycles. The molecule has 0 saturated heterocycles. The summed E-state index contributed by atoms with van der Waals surface area (Å²) >= 11 is 0. The molecule has 0 unspecified atom stereocenters. The maximum Gasteiger partial charge on any atom is 0.249 e. The van der Waals surface area contributed by atoms with E-state index < -0.39 is 0 Å². The topological polar surface area (TPSA) is 85.7 Å². The van der Waals surface area contributed by atoms with E-state index in [0.717, 1.165) is 22.7 Å². The molecular formula is C25H30N4O4. The van der Waals surface area contributed by atoms with Gasteiger partial charge in [0, 0.05) is 25.3 Å². The van der Waals surface area contributed by atoms with Crippen LogP contribution < -0.4 is 10.1 Å². The largest absolute Gasteiger partial charge is 0.497 e. The number of methoxy groups -OCH3 is 2. The fraction of sp³-hybridized carbons (Fsp3) is 0.320. The van der Waals surface area contributed by atoms with Crippen LogP contribution in [0.4, 0.5) is 5.82 Å². The quantitative estimate of drug-likeness (QED) is 0.510. The predicted octanol–water partition coefficient (Wildman–Crippen LogP) is 3.62. The normalized spacial score (nSPS) is 10.8. The van der Waals surface area contributed by atoms with Crippen molar-refractivity contribution in [1.82, 2.24) is 14.7 Å². The highest BCUT2D eigenvalue weighted by Gasteiger charge is 2.20. The van der Waals surface area contributed by atoms with Gasteiger partial charge in [-0.15, -0.1) is 0 Å². The number of benzene rings is 2. The lowest BCUT2D eigenvalue weighted by Crippen LogP contribution is -2.42. The first-order valence-electron chi connectivity index (χ1n) is 10.8. The molecule has 0 fully saturated rings. The van der Waals surface area contributed by atoms with Gasteiger partial charge < -0.3 is 19.7 Å². The van der Waals surface area contributed by atoms with Crippen LogP contribution in [0.2, 0.25) is 0 Å². The molecule has 0 radical (unpaired) electrons. The minimum Gasteiger partial charge on any atom is -0.497 e. The van der Waals surface area contributed by atoms with Crippen molar-refractivity contribution in [1.29, 1.82) is 0 Å². The van der Waals surface area contributed by atoms with Crippen LogP contribution in [0.5, 0.6) is 5.75 Å². The Morgan fingerprint density at radius 1 is 1.06 bits per heavy atom. The SMILES string of the molecule is COCC(=O)N(CC(=O)Nc1cc(-c2ccccc2)nn1-c1ccc(OC)cc1)CC(C)C. The lowest BCUT2D eigenvalue weighted by Gasteiger charge is -2.23. The van der Waals surface area contributed by atoms with Crippen LogP contribution in [0, 0.1) is 5.92 Å². The maximum absolute atomic E-state index is 12.9. The van der Waals surface area contributed by atoms with Crippen LogP contribution in [0.25, 0.3) is 16.9 Å². The van der Waals surface area contributed by atoms with E-state index in [2.05, 4.69) is 5.32 Å². The van der Waals surface area contributed by atoms with Crippen molar-refractivity contribution < 1.29 is 19.1 Å². The van der Waals surface area contributed by atoms with Gasteiger partial charge in [-0.2, -0.15) is 5.10 Å². The fourth-order valence-corrected chi connectivity index (χ4v) is 3.41. The van der Waals surface area contributed by atoms with E-state index in [1.807, 2.05) is 74.5 Å². The molecular weight excluding hydrogens is 420 g/mol. The maximum atomic E-state index is 12.9. The Balaban J connectivity index is 1.88. The van der Waals surface area contributed by atoms with Gasteiger partial charge in [0.1, 0.15) is 18.2 Å². The van der Waals surface area contributed by atoms with E-state index in [9.17, 15) is 9.59 Å². The number of aromatic nitrogens is 2. The summed E-state index contributed by atoms with van der Waals surface area (Å²) in [6.07, 6.45) is 0. The van der Waals surface area contributed by atoms with Crippen LogP contribution in [0.1, 0.15) is 13.8 Å². The zero-order chi connectivity index (χ0) is 23.8. The summed E-state index contributed by atoms with van der Waals surface area (Å²) in [5.41, 5.74) is 2.41. The highest BCUT2D eigenvalue weighted by molar-refractivity contribution is 5.94. The number of hydrogen-bond acceptors (Lipinski definition) is 5. The first-order chi connectivity index (χ1) is 15.9. The molecule has 0 bridgehead atoms. The third kappa shape index (κ3) is 6.43. The molecule has 1 heterocycles. The number of carbonyl (C=O) groups excluding carboxylic acids is 2. The minimum atomic E-state index is -0.311. The molecule has 1 N–H and O–H groups in total. The lowest BCUT2D eigenvalue weighted by atomic mass is 10.1. The number of amides is 2. The molecule has 8 heteroatoms. The number of rotatable bonds is 10. The van der Waals surface area contributed by atoms with E-state index >= 15 is 0 Å². The molecule has 33 heavy (non-hydrogen) atoms. The Morgan fingerprint density at radius 3 is 2.36 bits per heavy atom. The summed E-state index contributed by atoms with van der Waals surface area (Å²) in [5, 5.41) is 7.64. The zero-order valence-corrected chi connectivity index (χ0v) is 19.4. The van der Waals surface area contributed by atoms with E-state index in [-0.39, 0.29) is 30.9 Å². The van der Waals surface area contributed by atoms with Gasteiger partial charge in [-0.25, -0.2) is 4.68 Å². The van der Waals surface area contributed by atoms with Crippen molar-refractivity contribution in [2.75, 3.05) is 39.2 Å². The number of anilines is 1. The second-order valence-corrected chi connectivity index (χ2v) is 8.04. The Labute approximate surface area is 194 Å². The van der Waals surface area contributed by atoms with Crippen LogP contribution in [-0.2, 0) is 14.3 Å². The van der Waals surface area contributed by atoms with Gasteiger partial charge in [-0.05, 0) is 30.2 Å². The van der Waals surface area contributed by atoms with Gasteiger partial charge in [0.2, 0.25) is 11.8 Å². The summed E-state index contributed by atoms with van der Waals surface area (Å²) in [6.45, 7) is 4.31. The molecule has 0 saturated carbocycles. The van der Waals surface area contributed by atoms with Crippen molar-refractivity contribution in [3.8, 4) is 22.7 Å². The van der Waals surface area contributed by atoms with Gasteiger partial charge in [-0.3, -0.25) is 9.59 Å². The summed E-state index contributed by atoms with van der Waals surface area (Å²) in [5.74, 6) is 0.908. The standard InChI is InChI=1S/C25H30N4O4/c1-18(2)15-28(25(31)17-32-3)16-24(30)26-23-14-22(19-8-6-5-7-9-19)27-29(23)20-10-12-21(33-4)13-11-20/h5-14,18H,15-17H2,1-4H3,(H,26,30). The predicted molar refractivity (Wildman–Crippen MR) is 127 cm³/mol. The van der Waals surface area contributed by atoms with Crippen molar-refractivity contribution in [2.24, 2.45) is 5.92 Å². The molecule has 0 atom stereocenters. The van der Waals surface area contributed by atoms with E-state index in [4.69, 9.17) is 14.6 Å². The van der Waals surface area contributed by atoms with Crippen molar-refractivity contribution in [3.05, 3.63) is 60.7 Å².